The Morgan fingerprint density at radius 3 is 1.74 bits per heavy atom. The van der Waals surface area contributed by atoms with Gasteiger partial charge in [-0.05, 0) is 31.2 Å². The number of hydrogen-bond acceptors (Lipinski definition) is 7. The molecule has 1 aromatic heterocycles. The molecule has 1 heterocycles. The molecule has 2 rings (SSSR count). The Bertz CT molecular complexity index is 1400. The van der Waals surface area contributed by atoms with Gasteiger partial charge in [0, 0.05) is 12.2 Å². The lowest BCUT2D eigenvalue weighted by atomic mass is 10.1. The molecule has 54 heavy (non-hydrogen) atoms. The van der Waals surface area contributed by atoms with Gasteiger partial charge in [0.1, 0.15) is 12.8 Å². The van der Waals surface area contributed by atoms with Crippen LogP contribution >= 0.6 is 0 Å². The Morgan fingerprint density at radius 2 is 1.17 bits per heavy atom. The average Bonchev–Trinajstić information content (AvgIpc) is 3.05. The van der Waals surface area contributed by atoms with Crippen molar-refractivity contribution in [2.45, 2.75) is 100 Å². The summed E-state index contributed by atoms with van der Waals surface area (Å²) in [7, 11) is 0. The van der Waals surface area contributed by atoms with E-state index in [4.69, 9.17) is 9.47 Å². The van der Waals surface area contributed by atoms with Gasteiger partial charge in [0.05, 0.1) is 32.2 Å². The zero-order valence-corrected chi connectivity index (χ0v) is 28.0. The summed E-state index contributed by atoms with van der Waals surface area (Å²) in [6.07, 6.45) is -28.7. The molecule has 0 aliphatic rings. The van der Waals surface area contributed by atoms with E-state index in [-0.39, 0.29) is 6.61 Å². The molecule has 0 radical (unpaired) electrons. The lowest BCUT2D eigenvalue weighted by molar-refractivity contribution is -0.543. The predicted molar refractivity (Wildman–Crippen MR) is 154 cm³/mol. The molecule has 0 fully saturated rings. The number of nitrogens with zero attached hydrogens (tertiary/aromatic N) is 2. The van der Waals surface area contributed by atoms with Crippen molar-refractivity contribution < 1.29 is 93.9 Å². The molecule has 23 heteroatoms. The Hall–Kier alpha value is -3.18. The average molecular weight is 819 g/mol. The summed E-state index contributed by atoms with van der Waals surface area (Å²) in [4.78, 5) is 8.60. The van der Waals surface area contributed by atoms with Gasteiger partial charge >= 0.3 is 42.5 Å². The first-order valence-corrected chi connectivity index (χ1v) is 15.9. The smallest absolute Gasteiger partial charge is 0.460 e. The quantitative estimate of drug-likeness (QED) is 0.0730. The van der Waals surface area contributed by atoms with Gasteiger partial charge in [0.2, 0.25) is 0 Å². The second-order valence-corrected chi connectivity index (χ2v) is 11.5. The maximum absolute atomic E-state index is 13.9. The Kier molecular flexibility index (Phi) is 16.6. The molecule has 0 saturated carbocycles. The zero-order valence-electron chi connectivity index (χ0n) is 28.0. The first kappa shape index (κ1) is 47.0. The molecule has 0 saturated heterocycles. The minimum absolute atomic E-state index is 0.0431. The molecule has 2 aromatic rings. The van der Waals surface area contributed by atoms with Crippen molar-refractivity contribution in [3.63, 3.8) is 0 Å². The normalized spacial score (nSPS) is 14.4. The number of unbranched alkanes of at least 4 members (excludes halogenated alkanes) is 4. The Morgan fingerprint density at radius 1 is 0.611 bits per heavy atom. The van der Waals surface area contributed by atoms with E-state index in [1.165, 1.54) is 4.74 Å². The molecule has 0 bridgehead atoms. The number of ether oxygens (including phenoxy) is 5. The van der Waals surface area contributed by atoms with Crippen molar-refractivity contribution >= 4 is 0 Å². The largest absolute Gasteiger partial charge is 0.490 e. The molecule has 1 aromatic carbocycles. The second-order valence-electron chi connectivity index (χ2n) is 11.5. The third-order valence-corrected chi connectivity index (χ3v) is 6.97. The molecule has 0 aliphatic heterocycles. The van der Waals surface area contributed by atoms with Gasteiger partial charge < -0.3 is 14.2 Å². The number of rotatable bonds is 25. The van der Waals surface area contributed by atoms with Gasteiger partial charge in [-0.3, -0.25) is 0 Å². The maximum Gasteiger partial charge on any atom is 0.460 e. The highest BCUT2D eigenvalue weighted by molar-refractivity contribution is 5.55. The first-order chi connectivity index (χ1) is 24.8. The number of alkyl halides is 16. The van der Waals surface area contributed by atoms with Crippen LogP contribution in [0.2, 0.25) is 0 Å². The minimum Gasteiger partial charge on any atom is -0.490 e. The molecule has 1 atom stereocenters. The summed E-state index contributed by atoms with van der Waals surface area (Å²) < 4.78 is 228. The van der Waals surface area contributed by atoms with E-state index in [0.717, 1.165) is 36.8 Å². The van der Waals surface area contributed by atoms with Gasteiger partial charge in [0.15, 0.2) is 11.6 Å². The Balaban J connectivity index is 1.72. The lowest BCUT2D eigenvalue weighted by Gasteiger charge is -2.36. The molecular weight excluding hydrogens is 784 g/mol. The molecular formula is C31H34F16N2O5. The van der Waals surface area contributed by atoms with Crippen LogP contribution in [0.4, 0.5) is 70.2 Å². The third-order valence-electron chi connectivity index (χ3n) is 6.97. The van der Waals surface area contributed by atoms with Gasteiger partial charge in [-0.25, -0.2) is 23.8 Å². The monoisotopic (exact) mass is 818 g/mol. The fourth-order valence-corrected chi connectivity index (χ4v) is 4.10. The summed E-state index contributed by atoms with van der Waals surface area (Å²) in [6.45, 7) is -2.02. The number of aryl methyl sites for hydroxylation is 1. The summed E-state index contributed by atoms with van der Waals surface area (Å²) >= 11 is 0. The number of aromatic nitrogens is 2. The topological polar surface area (TPSA) is 71.9 Å². The molecule has 7 nitrogen and oxygen atoms in total. The van der Waals surface area contributed by atoms with Crippen molar-refractivity contribution in [3.05, 3.63) is 42.2 Å². The number of benzene rings is 1. The summed E-state index contributed by atoms with van der Waals surface area (Å²) in [5.41, 5.74) is 1.68. The molecule has 0 unspecified atom stereocenters. The van der Waals surface area contributed by atoms with Crippen LogP contribution in [-0.2, 0) is 25.4 Å². The van der Waals surface area contributed by atoms with Crippen LogP contribution in [0.3, 0.4) is 0 Å². The van der Waals surface area contributed by atoms with Crippen LogP contribution in [0.1, 0.15) is 51.0 Å². The van der Waals surface area contributed by atoms with E-state index in [1.54, 1.807) is 24.5 Å². The van der Waals surface area contributed by atoms with E-state index in [0.29, 0.717) is 37.4 Å². The molecule has 310 valence electrons. The fraction of sp³-hybridized carbons (Fsp3) is 0.677. The van der Waals surface area contributed by atoms with Gasteiger partial charge in [0.25, 0.3) is 0 Å². The van der Waals surface area contributed by atoms with Crippen molar-refractivity contribution in [1.82, 2.24) is 9.97 Å². The van der Waals surface area contributed by atoms with E-state index in [2.05, 4.69) is 26.4 Å². The SMILES string of the molecule is CCCCCCOc1cnc(-c2ccc(CCCCOC[C@H](F)COCC(F)(F)OC(F)(F)C(F)(F)OC(F)(F)C(F)(F)C(F)(F)C(F)(F)F)cc2)nc1. The highest BCUT2D eigenvalue weighted by Gasteiger charge is 2.85. The van der Waals surface area contributed by atoms with Gasteiger partial charge in [-0.1, -0.05) is 50.5 Å². The third kappa shape index (κ3) is 13.2. The highest BCUT2D eigenvalue weighted by Crippen LogP contribution is 2.56. The predicted octanol–water partition coefficient (Wildman–Crippen LogP) is 10.0. The van der Waals surface area contributed by atoms with Crippen molar-refractivity contribution in [2.75, 3.05) is 33.0 Å². The minimum atomic E-state index is -7.96. The van der Waals surface area contributed by atoms with Crippen LogP contribution in [0.15, 0.2) is 36.7 Å². The van der Waals surface area contributed by atoms with Crippen LogP contribution in [0.25, 0.3) is 11.4 Å². The van der Waals surface area contributed by atoms with Crippen LogP contribution in [0.5, 0.6) is 5.75 Å². The van der Waals surface area contributed by atoms with Crippen molar-refractivity contribution in [2.24, 2.45) is 0 Å². The lowest BCUT2D eigenvalue weighted by Crippen LogP contribution is -2.64. The molecule has 0 N–H and O–H groups in total. The van der Waals surface area contributed by atoms with E-state index < -0.39 is 68.4 Å². The first-order valence-electron chi connectivity index (χ1n) is 15.9. The number of hydrogen-bond donors (Lipinski definition) is 0. The van der Waals surface area contributed by atoms with E-state index in [9.17, 15) is 70.2 Å². The Labute approximate surface area is 297 Å². The van der Waals surface area contributed by atoms with Crippen LogP contribution < -0.4 is 4.74 Å². The summed E-state index contributed by atoms with van der Waals surface area (Å²) in [5, 5.41) is 0. The zero-order chi connectivity index (χ0) is 41.1. The molecule has 0 amide bonds. The van der Waals surface area contributed by atoms with Gasteiger partial charge in [-0.15, -0.1) is 0 Å². The molecule has 0 aliphatic carbocycles. The standard InChI is InChI=1S/C31H34F16N2O5/c1-2-3-4-6-14-52-23-15-48-24(49-16-23)21-11-9-20(10-12-21)8-5-7-13-50-17-22(32)18-51-19-25(33,34)53-30(44,45)31(46,47)54-29(42,43)27(37,38)26(35,36)28(39,40)41/h9-12,15-16,22H,2-8,13-14,17-19H2,1H3/t22-/m0/s1. The molecule has 0 spiro atoms. The highest BCUT2D eigenvalue weighted by atomic mass is 19.4. The maximum atomic E-state index is 13.9. The second kappa shape index (κ2) is 19.1. The van der Waals surface area contributed by atoms with Crippen LogP contribution in [0, 0.1) is 0 Å². The summed E-state index contributed by atoms with van der Waals surface area (Å²) in [5.74, 6) is -14.7. The summed E-state index contributed by atoms with van der Waals surface area (Å²) in [6, 6.07) is 7.29. The fourth-order valence-electron chi connectivity index (χ4n) is 4.10. The van der Waals surface area contributed by atoms with E-state index >= 15 is 0 Å². The number of halogens is 16. The van der Waals surface area contributed by atoms with Crippen molar-refractivity contribution in [1.29, 1.82) is 0 Å². The van der Waals surface area contributed by atoms with Crippen molar-refractivity contribution in [3.8, 4) is 17.1 Å². The van der Waals surface area contributed by atoms with Gasteiger partial charge in [-0.2, -0.15) is 65.9 Å². The van der Waals surface area contributed by atoms with E-state index in [1.807, 2.05) is 12.1 Å². The van der Waals surface area contributed by atoms with Crippen LogP contribution in [-0.4, -0.2) is 91.6 Å².